The van der Waals surface area contributed by atoms with Gasteiger partial charge in [0.2, 0.25) is 0 Å². The third kappa shape index (κ3) is 1.04. The summed E-state index contributed by atoms with van der Waals surface area (Å²) in [6.45, 7) is 6.63. The van der Waals surface area contributed by atoms with Gasteiger partial charge >= 0.3 is 0 Å². The van der Waals surface area contributed by atoms with E-state index in [2.05, 4.69) is 6.58 Å². The molecule has 0 aliphatic carbocycles. The summed E-state index contributed by atoms with van der Waals surface area (Å²) in [6.07, 6.45) is 0.837. The summed E-state index contributed by atoms with van der Waals surface area (Å²) in [6, 6.07) is 0. The van der Waals surface area contributed by atoms with Gasteiger partial charge in [-0.15, -0.1) is 0 Å². The fraction of sp³-hybridized carbons (Fsp3) is 0.571. The smallest absolute Gasteiger partial charge is 0.116 e. The molecule has 3 nitrogen and oxygen atoms in total. The van der Waals surface area contributed by atoms with Gasteiger partial charge in [-0.3, -0.25) is 10.4 Å². The first-order chi connectivity index (χ1) is 4.63. The van der Waals surface area contributed by atoms with E-state index in [9.17, 15) is 0 Å². The van der Waals surface area contributed by atoms with Gasteiger partial charge in [0.15, 0.2) is 0 Å². The highest BCUT2D eigenvalue weighted by Crippen LogP contribution is 2.14. The van der Waals surface area contributed by atoms with E-state index in [0.29, 0.717) is 5.84 Å². The van der Waals surface area contributed by atoms with Gasteiger partial charge in [0.1, 0.15) is 5.84 Å². The molecule has 0 aromatic carbocycles. The summed E-state index contributed by atoms with van der Waals surface area (Å²) < 4.78 is 0. The van der Waals surface area contributed by atoms with Crippen molar-refractivity contribution in [2.24, 2.45) is 0 Å². The molecule has 1 rings (SSSR count). The highest BCUT2D eigenvalue weighted by Gasteiger charge is 2.22. The van der Waals surface area contributed by atoms with Gasteiger partial charge < -0.3 is 0 Å². The van der Waals surface area contributed by atoms with Crippen LogP contribution in [0.25, 0.3) is 0 Å². The van der Waals surface area contributed by atoms with Gasteiger partial charge in [-0.2, -0.15) is 0 Å². The standard InChI is InChI=1S/C7H13N3/c1-6(2)10-7(8)4-5-9(10)3/h8H,1,4-5H2,2-3H3. The summed E-state index contributed by atoms with van der Waals surface area (Å²) in [5.74, 6) is 0.648. The second-order valence-corrected chi connectivity index (χ2v) is 2.63. The van der Waals surface area contributed by atoms with Gasteiger partial charge in [0.05, 0.1) is 0 Å². The van der Waals surface area contributed by atoms with E-state index >= 15 is 0 Å². The first-order valence-corrected chi connectivity index (χ1v) is 3.37. The fourth-order valence-electron chi connectivity index (χ4n) is 1.20. The maximum absolute atomic E-state index is 7.49. The molecule has 0 unspecified atom stereocenters. The second kappa shape index (κ2) is 2.42. The molecule has 0 bridgehead atoms. The lowest BCUT2D eigenvalue weighted by Gasteiger charge is -2.25. The summed E-state index contributed by atoms with van der Waals surface area (Å²) in [5.41, 5.74) is 0.921. The normalized spacial score (nSPS) is 20.2. The molecule has 0 aromatic heterocycles. The first-order valence-electron chi connectivity index (χ1n) is 3.37. The molecule has 1 aliphatic rings. The van der Waals surface area contributed by atoms with Crippen LogP contribution in [0.5, 0.6) is 0 Å². The zero-order valence-corrected chi connectivity index (χ0v) is 6.52. The highest BCUT2D eigenvalue weighted by atomic mass is 15.6. The van der Waals surface area contributed by atoms with Crippen LogP contribution in [0, 0.1) is 5.41 Å². The van der Waals surface area contributed by atoms with E-state index < -0.39 is 0 Å². The molecule has 1 saturated heterocycles. The first kappa shape index (κ1) is 7.28. The molecule has 0 atom stereocenters. The van der Waals surface area contributed by atoms with Crippen LogP contribution >= 0.6 is 0 Å². The van der Waals surface area contributed by atoms with Crippen LogP contribution in [-0.4, -0.2) is 29.4 Å². The quantitative estimate of drug-likeness (QED) is 0.588. The topological polar surface area (TPSA) is 30.3 Å². The van der Waals surface area contributed by atoms with Crippen LogP contribution in [0.2, 0.25) is 0 Å². The summed E-state index contributed by atoms with van der Waals surface area (Å²) in [4.78, 5) is 0. The Morgan fingerprint density at radius 3 is 2.50 bits per heavy atom. The number of nitrogens with zero attached hydrogens (tertiary/aromatic N) is 2. The molecular weight excluding hydrogens is 126 g/mol. The lowest BCUT2D eigenvalue weighted by Crippen LogP contribution is -2.33. The lowest BCUT2D eigenvalue weighted by atomic mass is 10.4. The molecule has 0 saturated carbocycles. The minimum Gasteiger partial charge on any atom is -0.287 e. The number of rotatable bonds is 1. The molecule has 0 amide bonds. The van der Waals surface area contributed by atoms with Crippen molar-refractivity contribution in [3.05, 3.63) is 12.3 Å². The number of amidine groups is 1. The number of hydrogen-bond acceptors (Lipinski definition) is 2. The SMILES string of the molecule is C=C(C)N1C(=N)CCN1C. The Labute approximate surface area is 61.4 Å². The molecule has 56 valence electrons. The molecule has 0 aromatic rings. The van der Waals surface area contributed by atoms with Crippen molar-refractivity contribution in [2.75, 3.05) is 13.6 Å². The second-order valence-electron chi connectivity index (χ2n) is 2.63. The highest BCUT2D eigenvalue weighted by molar-refractivity contribution is 5.81. The summed E-state index contributed by atoms with van der Waals surface area (Å²) in [5, 5.41) is 11.3. The van der Waals surface area contributed by atoms with Crippen molar-refractivity contribution in [1.29, 1.82) is 5.41 Å². The summed E-state index contributed by atoms with van der Waals surface area (Å²) in [7, 11) is 1.97. The predicted octanol–water partition coefficient (Wildman–Crippen LogP) is 1.05. The Balaban J connectivity index is 2.72. The van der Waals surface area contributed by atoms with Crippen molar-refractivity contribution in [3.63, 3.8) is 0 Å². The molecule has 1 N–H and O–H groups in total. The van der Waals surface area contributed by atoms with E-state index in [4.69, 9.17) is 5.41 Å². The molecule has 0 radical (unpaired) electrons. The third-order valence-electron chi connectivity index (χ3n) is 1.63. The Kier molecular flexibility index (Phi) is 1.76. The van der Waals surface area contributed by atoms with Crippen molar-refractivity contribution in [2.45, 2.75) is 13.3 Å². The van der Waals surface area contributed by atoms with Gasteiger partial charge in [-0.05, 0) is 6.92 Å². The Hall–Kier alpha value is -0.830. The number of hydrazine groups is 1. The molecule has 1 aliphatic heterocycles. The van der Waals surface area contributed by atoms with E-state index in [-0.39, 0.29) is 0 Å². The lowest BCUT2D eigenvalue weighted by molar-refractivity contribution is 0.151. The van der Waals surface area contributed by atoms with Crippen LogP contribution in [0.4, 0.5) is 0 Å². The zero-order valence-electron chi connectivity index (χ0n) is 6.52. The number of hydrogen-bond donors (Lipinski definition) is 1. The van der Waals surface area contributed by atoms with Crippen molar-refractivity contribution in [1.82, 2.24) is 10.0 Å². The zero-order chi connectivity index (χ0) is 7.72. The van der Waals surface area contributed by atoms with Gasteiger partial charge in [-0.1, -0.05) is 6.58 Å². The van der Waals surface area contributed by atoms with Crippen LogP contribution in [0.3, 0.4) is 0 Å². The monoisotopic (exact) mass is 139 g/mol. The average molecular weight is 139 g/mol. The maximum atomic E-state index is 7.49. The van der Waals surface area contributed by atoms with Crippen molar-refractivity contribution in [3.8, 4) is 0 Å². The minimum atomic E-state index is 0.648. The molecule has 0 spiro atoms. The van der Waals surface area contributed by atoms with Crippen LogP contribution in [-0.2, 0) is 0 Å². The van der Waals surface area contributed by atoms with Crippen molar-refractivity contribution >= 4 is 5.84 Å². The minimum absolute atomic E-state index is 0.648. The Morgan fingerprint density at radius 1 is 1.70 bits per heavy atom. The molecule has 1 heterocycles. The maximum Gasteiger partial charge on any atom is 0.116 e. The molecular formula is C7H13N3. The molecule has 1 fully saturated rings. The molecule has 10 heavy (non-hydrogen) atoms. The van der Waals surface area contributed by atoms with E-state index in [1.807, 2.05) is 24.0 Å². The Bertz CT molecular complexity index is 174. The van der Waals surface area contributed by atoms with Gasteiger partial charge in [0.25, 0.3) is 0 Å². The molecule has 3 heteroatoms. The average Bonchev–Trinajstić information content (AvgIpc) is 2.11. The van der Waals surface area contributed by atoms with Crippen LogP contribution in [0.15, 0.2) is 12.3 Å². The number of allylic oxidation sites excluding steroid dienone is 1. The van der Waals surface area contributed by atoms with E-state index in [0.717, 1.165) is 18.7 Å². The number of nitrogens with one attached hydrogen (secondary N) is 1. The fourth-order valence-corrected chi connectivity index (χ4v) is 1.20. The van der Waals surface area contributed by atoms with Crippen LogP contribution < -0.4 is 0 Å². The predicted molar refractivity (Wildman–Crippen MR) is 41.6 cm³/mol. The van der Waals surface area contributed by atoms with E-state index in [1.54, 1.807) is 0 Å². The third-order valence-corrected chi connectivity index (χ3v) is 1.63. The van der Waals surface area contributed by atoms with Crippen molar-refractivity contribution < 1.29 is 0 Å². The Morgan fingerprint density at radius 2 is 2.30 bits per heavy atom. The largest absolute Gasteiger partial charge is 0.287 e. The van der Waals surface area contributed by atoms with E-state index in [1.165, 1.54) is 0 Å². The summed E-state index contributed by atoms with van der Waals surface area (Å²) >= 11 is 0. The van der Waals surface area contributed by atoms with Gasteiger partial charge in [0, 0.05) is 25.7 Å². The van der Waals surface area contributed by atoms with Crippen LogP contribution in [0.1, 0.15) is 13.3 Å². The van der Waals surface area contributed by atoms with Gasteiger partial charge in [-0.25, -0.2) is 5.01 Å².